The molecule has 0 saturated carbocycles. The zero-order chi connectivity index (χ0) is 14.0. The van der Waals surface area contributed by atoms with Crippen LogP contribution in [-0.4, -0.2) is 54.5 Å². The molecule has 0 bridgehead atoms. The number of hydrogen-bond acceptors (Lipinski definition) is 5. The summed E-state index contributed by atoms with van der Waals surface area (Å²) in [6.07, 6.45) is 1.64. The lowest BCUT2D eigenvalue weighted by Crippen LogP contribution is -2.31. The van der Waals surface area contributed by atoms with E-state index in [-0.39, 0.29) is 24.0 Å². The van der Waals surface area contributed by atoms with Gasteiger partial charge >= 0.3 is 0 Å². The van der Waals surface area contributed by atoms with E-state index in [2.05, 4.69) is 10.3 Å². The first-order valence-corrected chi connectivity index (χ1v) is 7.18. The fourth-order valence-electron chi connectivity index (χ4n) is 1.79. The zero-order valence-corrected chi connectivity index (χ0v) is 11.6. The first-order valence-electron chi connectivity index (χ1n) is 5.74. The topological polar surface area (TPSA) is 86.9 Å². The zero-order valence-electron chi connectivity index (χ0n) is 10.7. The summed E-state index contributed by atoms with van der Waals surface area (Å²) in [6, 6.07) is 5.25. The molecule has 2 aromatic rings. The Hall–Kier alpha value is -1.64. The summed E-state index contributed by atoms with van der Waals surface area (Å²) in [5, 5.41) is 11.8. The Morgan fingerprint density at radius 3 is 2.84 bits per heavy atom. The van der Waals surface area contributed by atoms with Crippen LogP contribution < -0.4 is 5.32 Å². The van der Waals surface area contributed by atoms with Gasteiger partial charge in [0.25, 0.3) is 10.0 Å². The van der Waals surface area contributed by atoms with Crippen molar-refractivity contribution in [1.82, 2.24) is 13.7 Å². The minimum Gasteiger partial charge on any atom is -0.395 e. The molecule has 0 aromatic carbocycles. The highest BCUT2D eigenvalue weighted by molar-refractivity contribution is 7.89. The number of aliphatic hydroxyl groups excluding tert-OH is 1. The van der Waals surface area contributed by atoms with Crippen molar-refractivity contribution in [1.29, 1.82) is 0 Å². The molecule has 0 atom stereocenters. The summed E-state index contributed by atoms with van der Waals surface area (Å²) in [5.74, 6) is 0.288. The van der Waals surface area contributed by atoms with Gasteiger partial charge in [-0.05, 0) is 12.1 Å². The van der Waals surface area contributed by atoms with Crippen molar-refractivity contribution in [2.75, 3.05) is 32.6 Å². The normalized spacial score (nSPS) is 12.2. The molecule has 0 aliphatic heterocycles. The summed E-state index contributed by atoms with van der Waals surface area (Å²) in [6.45, 7) is -0.201. The molecule has 19 heavy (non-hydrogen) atoms. The molecule has 104 valence electrons. The third-order valence-electron chi connectivity index (χ3n) is 2.79. The van der Waals surface area contributed by atoms with Gasteiger partial charge < -0.3 is 10.4 Å². The third-order valence-corrected chi connectivity index (χ3v) is 4.67. The van der Waals surface area contributed by atoms with E-state index in [9.17, 15) is 8.42 Å². The maximum atomic E-state index is 12.5. The molecule has 2 N–H and O–H groups in total. The summed E-state index contributed by atoms with van der Waals surface area (Å²) >= 11 is 0. The van der Waals surface area contributed by atoms with E-state index in [0.717, 1.165) is 4.31 Å². The molecule has 2 rings (SSSR count). The number of hydrogen-bond donors (Lipinski definition) is 2. The van der Waals surface area contributed by atoms with Crippen LogP contribution in [0, 0.1) is 0 Å². The standard InChI is InChI=1S/C11H16N4O3S/c1-12-10-11(19(17,18)14(2)7-8-16)15-6-4-3-5-9(15)13-10/h3-6,12,16H,7-8H2,1-2H3. The monoisotopic (exact) mass is 284 g/mol. The second-order valence-corrected chi connectivity index (χ2v) is 5.95. The second-order valence-electron chi connectivity index (χ2n) is 3.99. The maximum Gasteiger partial charge on any atom is 0.262 e. The summed E-state index contributed by atoms with van der Waals surface area (Å²) in [7, 11) is -0.674. The average molecular weight is 284 g/mol. The highest BCUT2D eigenvalue weighted by Crippen LogP contribution is 2.24. The Bertz CT molecular complexity index is 680. The van der Waals surface area contributed by atoms with E-state index >= 15 is 0 Å². The molecule has 0 aliphatic rings. The minimum atomic E-state index is -3.72. The van der Waals surface area contributed by atoms with Crippen molar-refractivity contribution >= 4 is 21.5 Å². The Balaban J connectivity index is 2.67. The predicted molar refractivity (Wildman–Crippen MR) is 71.6 cm³/mol. The summed E-state index contributed by atoms with van der Waals surface area (Å²) in [4.78, 5) is 4.22. The van der Waals surface area contributed by atoms with Gasteiger partial charge in [-0.25, -0.2) is 13.4 Å². The van der Waals surface area contributed by atoms with E-state index in [1.165, 1.54) is 11.4 Å². The Morgan fingerprint density at radius 2 is 2.21 bits per heavy atom. The minimum absolute atomic E-state index is 0.0333. The van der Waals surface area contributed by atoms with Crippen LogP contribution in [0.1, 0.15) is 0 Å². The highest BCUT2D eigenvalue weighted by atomic mass is 32.2. The molecule has 0 amide bonds. The number of fused-ring (bicyclic) bond motifs is 1. The number of sulfonamides is 1. The van der Waals surface area contributed by atoms with E-state index in [4.69, 9.17) is 5.11 Å². The van der Waals surface area contributed by atoms with Gasteiger partial charge in [0, 0.05) is 26.8 Å². The SMILES string of the molecule is CNc1nc2ccccn2c1S(=O)(=O)N(C)CCO. The summed E-state index contributed by atoms with van der Waals surface area (Å²) < 4.78 is 27.6. The van der Waals surface area contributed by atoms with Crippen molar-refractivity contribution < 1.29 is 13.5 Å². The van der Waals surface area contributed by atoms with Crippen molar-refractivity contribution in [3.05, 3.63) is 24.4 Å². The Labute approximate surface area is 111 Å². The van der Waals surface area contributed by atoms with Crippen LogP contribution in [0.4, 0.5) is 5.82 Å². The van der Waals surface area contributed by atoms with E-state index in [1.807, 2.05) is 0 Å². The molecule has 0 spiro atoms. The van der Waals surface area contributed by atoms with Crippen molar-refractivity contribution in [3.63, 3.8) is 0 Å². The molecular weight excluding hydrogens is 268 g/mol. The third kappa shape index (κ3) is 2.29. The van der Waals surface area contributed by atoms with Crippen LogP contribution >= 0.6 is 0 Å². The molecule has 0 fully saturated rings. The lowest BCUT2D eigenvalue weighted by Gasteiger charge is -2.16. The number of imidazole rings is 1. The van der Waals surface area contributed by atoms with Crippen molar-refractivity contribution in [2.24, 2.45) is 0 Å². The molecule has 0 radical (unpaired) electrons. The fourth-order valence-corrected chi connectivity index (χ4v) is 3.20. The largest absolute Gasteiger partial charge is 0.395 e. The van der Waals surface area contributed by atoms with Gasteiger partial charge in [-0.15, -0.1) is 0 Å². The van der Waals surface area contributed by atoms with Crippen LogP contribution in [0.25, 0.3) is 5.65 Å². The van der Waals surface area contributed by atoms with Gasteiger partial charge in [0.15, 0.2) is 10.8 Å². The second kappa shape index (κ2) is 5.16. The average Bonchev–Trinajstić information content (AvgIpc) is 2.77. The number of rotatable bonds is 5. The van der Waals surface area contributed by atoms with Gasteiger partial charge in [-0.1, -0.05) is 6.07 Å². The van der Waals surface area contributed by atoms with Crippen LogP contribution in [0.3, 0.4) is 0 Å². The number of nitrogens with zero attached hydrogens (tertiary/aromatic N) is 3. The molecular formula is C11H16N4O3S. The maximum absolute atomic E-state index is 12.5. The quantitative estimate of drug-likeness (QED) is 0.806. The number of aromatic nitrogens is 2. The fraction of sp³-hybridized carbons (Fsp3) is 0.364. The van der Waals surface area contributed by atoms with Crippen LogP contribution in [0.5, 0.6) is 0 Å². The smallest absolute Gasteiger partial charge is 0.262 e. The van der Waals surface area contributed by atoms with Crippen molar-refractivity contribution in [3.8, 4) is 0 Å². The molecule has 2 aromatic heterocycles. The molecule has 0 saturated heterocycles. The first-order chi connectivity index (χ1) is 9.02. The van der Waals surface area contributed by atoms with Crippen molar-refractivity contribution in [2.45, 2.75) is 5.03 Å². The number of likely N-dealkylation sites (N-methyl/N-ethyl adjacent to an activating group) is 1. The Morgan fingerprint density at radius 1 is 1.47 bits per heavy atom. The molecule has 0 unspecified atom stereocenters. The molecule has 0 aliphatic carbocycles. The summed E-state index contributed by atoms with van der Waals surface area (Å²) in [5.41, 5.74) is 0.544. The van der Waals surface area contributed by atoms with E-state index in [0.29, 0.717) is 5.65 Å². The molecule has 7 nitrogen and oxygen atoms in total. The van der Waals surface area contributed by atoms with Gasteiger partial charge in [-0.2, -0.15) is 4.31 Å². The molecule has 8 heteroatoms. The first kappa shape index (κ1) is 13.8. The van der Waals surface area contributed by atoms with Gasteiger partial charge in [0.2, 0.25) is 0 Å². The van der Waals surface area contributed by atoms with Gasteiger partial charge in [0.1, 0.15) is 5.65 Å². The number of nitrogens with one attached hydrogen (secondary N) is 1. The highest BCUT2D eigenvalue weighted by Gasteiger charge is 2.28. The van der Waals surface area contributed by atoms with Gasteiger partial charge in [0.05, 0.1) is 6.61 Å². The van der Waals surface area contributed by atoms with E-state index < -0.39 is 10.0 Å². The van der Waals surface area contributed by atoms with Crippen LogP contribution in [-0.2, 0) is 10.0 Å². The van der Waals surface area contributed by atoms with Crippen LogP contribution in [0.2, 0.25) is 0 Å². The Kier molecular flexibility index (Phi) is 3.74. The number of aliphatic hydroxyl groups is 1. The number of anilines is 1. The predicted octanol–water partition coefficient (Wildman–Crippen LogP) is -0.0112. The van der Waals surface area contributed by atoms with Gasteiger partial charge in [-0.3, -0.25) is 4.40 Å². The van der Waals surface area contributed by atoms with Crippen LogP contribution in [0.15, 0.2) is 29.4 Å². The molecule has 2 heterocycles. The van der Waals surface area contributed by atoms with E-state index in [1.54, 1.807) is 31.4 Å². The lowest BCUT2D eigenvalue weighted by atomic mass is 10.5. The lowest BCUT2D eigenvalue weighted by molar-refractivity contribution is 0.266. The number of pyridine rings is 1.